The van der Waals surface area contributed by atoms with Crippen molar-refractivity contribution in [3.8, 4) is 11.5 Å². The van der Waals surface area contributed by atoms with Gasteiger partial charge in [0.25, 0.3) is 0 Å². The minimum Gasteiger partial charge on any atom is -0.493 e. The van der Waals surface area contributed by atoms with Crippen molar-refractivity contribution in [1.29, 1.82) is 0 Å². The summed E-state index contributed by atoms with van der Waals surface area (Å²) in [6.07, 6.45) is 0.250. The van der Waals surface area contributed by atoms with Crippen molar-refractivity contribution in [2.75, 3.05) is 31.0 Å². The van der Waals surface area contributed by atoms with Crippen molar-refractivity contribution in [2.24, 2.45) is 0 Å². The average Bonchev–Trinajstić information content (AvgIpc) is 2.96. The van der Waals surface area contributed by atoms with Gasteiger partial charge in [0.1, 0.15) is 6.54 Å². The maximum absolute atomic E-state index is 13.3. The fraction of sp³-hybridized carbons (Fsp3) is 0.200. The highest BCUT2D eigenvalue weighted by Gasteiger charge is 2.30. The Kier molecular flexibility index (Phi) is 7.25. The molecular weight excluding hydrogens is 504 g/mol. The van der Waals surface area contributed by atoms with E-state index < -0.39 is 0 Å². The van der Waals surface area contributed by atoms with Gasteiger partial charge in [-0.1, -0.05) is 34.1 Å². The summed E-state index contributed by atoms with van der Waals surface area (Å²) in [6, 6.07) is 20.7. The Morgan fingerprint density at radius 2 is 1.79 bits per heavy atom. The molecule has 0 radical (unpaired) electrons. The van der Waals surface area contributed by atoms with Gasteiger partial charge in [0.15, 0.2) is 11.5 Å². The lowest BCUT2D eigenvalue weighted by molar-refractivity contribution is -0.121. The molecule has 1 atom stereocenters. The van der Waals surface area contributed by atoms with Gasteiger partial charge in [-0.2, -0.15) is 0 Å². The summed E-state index contributed by atoms with van der Waals surface area (Å²) in [7, 11) is 3.18. The van der Waals surface area contributed by atoms with Crippen molar-refractivity contribution in [2.45, 2.75) is 16.6 Å². The van der Waals surface area contributed by atoms with Crippen molar-refractivity contribution in [1.82, 2.24) is 0 Å². The molecule has 170 valence electrons. The van der Waals surface area contributed by atoms with Gasteiger partial charge in [-0.3, -0.25) is 9.59 Å². The van der Waals surface area contributed by atoms with Crippen LogP contribution in [0.4, 0.5) is 11.4 Å². The maximum atomic E-state index is 13.3. The summed E-state index contributed by atoms with van der Waals surface area (Å²) in [4.78, 5) is 28.6. The lowest BCUT2D eigenvalue weighted by Gasteiger charge is -2.22. The van der Waals surface area contributed by atoms with Crippen LogP contribution in [0.15, 0.2) is 76.1 Å². The molecule has 0 fully saturated rings. The molecule has 33 heavy (non-hydrogen) atoms. The Hall–Kier alpha value is -2.97. The number of para-hydroxylation sites is 1. The molecule has 1 heterocycles. The molecule has 8 heteroatoms. The number of ether oxygens (including phenoxy) is 2. The largest absolute Gasteiger partial charge is 0.493 e. The van der Waals surface area contributed by atoms with Gasteiger partial charge < -0.3 is 19.7 Å². The first-order valence-electron chi connectivity index (χ1n) is 10.3. The molecule has 0 bridgehead atoms. The summed E-state index contributed by atoms with van der Waals surface area (Å²) < 4.78 is 11.7. The lowest BCUT2D eigenvalue weighted by Crippen LogP contribution is -2.38. The number of hydrogen-bond donors (Lipinski definition) is 1. The number of fused-ring (bicyclic) bond motifs is 1. The molecule has 0 spiro atoms. The number of methoxy groups -OCH3 is 2. The van der Waals surface area contributed by atoms with Crippen LogP contribution in [0, 0.1) is 0 Å². The van der Waals surface area contributed by atoms with E-state index in [1.165, 1.54) is 0 Å². The number of halogens is 1. The van der Waals surface area contributed by atoms with Crippen LogP contribution in [-0.2, 0) is 9.59 Å². The molecular formula is C25H23BrN2O4S. The van der Waals surface area contributed by atoms with Crippen molar-refractivity contribution in [3.05, 3.63) is 76.8 Å². The number of hydrogen-bond acceptors (Lipinski definition) is 5. The van der Waals surface area contributed by atoms with E-state index >= 15 is 0 Å². The van der Waals surface area contributed by atoms with Gasteiger partial charge in [-0.15, -0.1) is 11.8 Å². The molecule has 0 saturated heterocycles. The molecule has 1 aliphatic heterocycles. The molecule has 0 saturated carbocycles. The Balaban J connectivity index is 1.59. The van der Waals surface area contributed by atoms with Crippen molar-refractivity contribution < 1.29 is 19.1 Å². The maximum Gasteiger partial charge on any atom is 0.244 e. The number of anilines is 2. The summed E-state index contributed by atoms with van der Waals surface area (Å²) in [5, 5.41) is 2.74. The fourth-order valence-corrected chi connectivity index (χ4v) is 5.20. The molecule has 2 amide bonds. The molecule has 0 aliphatic carbocycles. The summed E-state index contributed by atoms with van der Waals surface area (Å²) in [5.41, 5.74) is 2.37. The van der Waals surface area contributed by atoms with Gasteiger partial charge in [-0.25, -0.2) is 0 Å². The first-order valence-corrected chi connectivity index (χ1v) is 12.0. The minimum atomic E-state index is -0.255. The van der Waals surface area contributed by atoms with E-state index in [0.29, 0.717) is 17.2 Å². The number of benzene rings is 3. The normalized spacial score (nSPS) is 15.4. The smallest absolute Gasteiger partial charge is 0.244 e. The highest BCUT2D eigenvalue weighted by atomic mass is 79.9. The van der Waals surface area contributed by atoms with Gasteiger partial charge in [-0.05, 0) is 54.1 Å². The van der Waals surface area contributed by atoms with E-state index in [2.05, 4.69) is 21.2 Å². The van der Waals surface area contributed by atoms with Gasteiger partial charge >= 0.3 is 0 Å². The Morgan fingerprint density at radius 3 is 2.52 bits per heavy atom. The average molecular weight is 527 g/mol. The molecule has 3 aromatic carbocycles. The van der Waals surface area contributed by atoms with Crippen molar-refractivity contribution in [3.63, 3.8) is 0 Å². The Labute approximate surface area is 205 Å². The summed E-state index contributed by atoms with van der Waals surface area (Å²) in [6.45, 7) is -0.0644. The first-order chi connectivity index (χ1) is 16.0. The predicted octanol–water partition coefficient (Wildman–Crippen LogP) is 5.68. The second-order valence-corrected chi connectivity index (χ2v) is 9.59. The van der Waals surface area contributed by atoms with E-state index in [0.717, 1.165) is 20.6 Å². The third-order valence-electron chi connectivity index (χ3n) is 5.30. The van der Waals surface area contributed by atoms with Crippen LogP contribution in [0.5, 0.6) is 11.5 Å². The first kappa shape index (κ1) is 23.2. The van der Waals surface area contributed by atoms with Crippen LogP contribution < -0.4 is 19.7 Å². The third-order valence-corrected chi connectivity index (χ3v) is 7.15. The highest BCUT2D eigenvalue weighted by molar-refractivity contribution is 9.10. The van der Waals surface area contributed by atoms with E-state index in [1.807, 2.05) is 66.7 Å². The number of thioether (sulfide) groups is 1. The molecule has 1 N–H and O–H groups in total. The number of amides is 2. The minimum absolute atomic E-state index is 0.0644. The van der Waals surface area contributed by atoms with E-state index in [-0.39, 0.29) is 30.0 Å². The van der Waals surface area contributed by atoms with Crippen LogP contribution in [-0.4, -0.2) is 32.6 Å². The quantitative estimate of drug-likeness (QED) is 0.447. The zero-order chi connectivity index (χ0) is 23.4. The van der Waals surface area contributed by atoms with Gasteiger partial charge in [0, 0.05) is 26.7 Å². The molecule has 6 nitrogen and oxygen atoms in total. The van der Waals surface area contributed by atoms with Crippen molar-refractivity contribution >= 4 is 50.9 Å². The predicted molar refractivity (Wildman–Crippen MR) is 134 cm³/mol. The van der Waals surface area contributed by atoms with Crippen LogP contribution in [0.2, 0.25) is 0 Å². The lowest BCUT2D eigenvalue weighted by atomic mass is 10.1. The van der Waals surface area contributed by atoms with Gasteiger partial charge in [0.05, 0.1) is 19.9 Å². The number of nitrogens with one attached hydrogen (secondary N) is 1. The van der Waals surface area contributed by atoms with Crippen LogP contribution in [0.3, 0.4) is 0 Å². The number of rotatable bonds is 6. The third kappa shape index (κ3) is 5.34. The Morgan fingerprint density at radius 1 is 1.06 bits per heavy atom. The van der Waals surface area contributed by atoms with Crippen LogP contribution >= 0.6 is 27.7 Å². The Bertz CT molecular complexity index is 1170. The summed E-state index contributed by atoms with van der Waals surface area (Å²) >= 11 is 4.99. The highest BCUT2D eigenvalue weighted by Crippen LogP contribution is 2.46. The number of carbonyl (C=O) groups is 2. The number of carbonyl (C=O) groups excluding carboxylic acids is 2. The van der Waals surface area contributed by atoms with E-state index in [9.17, 15) is 9.59 Å². The SMILES string of the molecule is COc1ccc(C2CC(=O)N(CC(=O)Nc3ccc(Br)cc3)c3ccccc3S2)cc1OC. The molecule has 4 rings (SSSR count). The van der Waals surface area contributed by atoms with Gasteiger partial charge in [0.2, 0.25) is 11.8 Å². The zero-order valence-electron chi connectivity index (χ0n) is 18.2. The molecule has 1 aliphatic rings. The fourth-order valence-electron chi connectivity index (χ4n) is 3.67. The molecule has 3 aromatic rings. The zero-order valence-corrected chi connectivity index (χ0v) is 20.6. The monoisotopic (exact) mass is 526 g/mol. The van der Waals surface area contributed by atoms with Crippen LogP contribution in [0.1, 0.15) is 17.2 Å². The second kappa shape index (κ2) is 10.3. The van der Waals surface area contributed by atoms with E-state index in [4.69, 9.17) is 9.47 Å². The second-order valence-electron chi connectivity index (χ2n) is 7.43. The molecule has 1 unspecified atom stereocenters. The number of nitrogens with zero attached hydrogens (tertiary/aromatic N) is 1. The van der Waals surface area contributed by atoms with E-state index in [1.54, 1.807) is 30.9 Å². The topological polar surface area (TPSA) is 67.9 Å². The standard InChI is InChI=1S/C25H23BrN2O4S/c1-31-20-12-7-16(13-21(20)32-2)23-14-25(30)28(19-5-3-4-6-22(19)33-23)15-24(29)27-18-10-8-17(26)9-11-18/h3-13,23H,14-15H2,1-2H3,(H,27,29). The van der Waals surface area contributed by atoms with Crippen LogP contribution in [0.25, 0.3) is 0 Å². The summed E-state index contributed by atoms with van der Waals surface area (Å²) in [5.74, 6) is 0.886. The molecule has 0 aromatic heterocycles.